The maximum absolute atomic E-state index is 13.3. The SMILES string of the molecule is COC(=O)CCC(=O)N(CC(C)(C)C)c1c(OC)cc(Cl)cc1C(O)c1sccc1OC. The molecule has 0 fully saturated rings. The fourth-order valence-electron chi connectivity index (χ4n) is 3.28. The lowest BCUT2D eigenvalue weighted by Crippen LogP contribution is -2.39. The van der Waals surface area contributed by atoms with Crippen LogP contribution < -0.4 is 14.4 Å². The van der Waals surface area contributed by atoms with E-state index in [4.69, 9.17) is 21.1 Å². The Hall–Kier alpha value is -2.29. The second-order valence-corrected chi connectivity index (χ2v) is 9.80. The van der Waals surface area contributed by atoms with Gasteiger partial charge in [0, 0.05) is 29.6 Å². The van der Waals surface area contributed by atoms with E-state index in [1.807, 2.05) is 26.2 Å². The van der Waals surface area contributed by atoms with Crippen molar-refractivity contribution >= 4 is 40.5 Å². The number of nitrogens with zero attached hydrogens (tertiary/aromatic N) is 1. The first-order valence-corrected chi connectivity index (χ1v) is 11.3. The number of amides is 1. The van der Waals surface area contributed by atoms with Gasteiger partial charge in [0.15, 0.2) is 0 Å². The Morgan fingerprint density at radius 3 is 2.34 bits per heavy atom. The number of thiophene rings is 1. The lowest BCUT2D eigenvalue weighted by molar-refractivity contribution is -0.141. The average molecular weight is 484 g/mol. The lowest BCUT2D eigenvalue weighted by Gasteiger charge is -2.33. The summed E-state index contributed by atoms with van der Waals surface area (Å²) < 4.78 is 15.6. The molecule has 0 saturated carbocycles. The molecule has 176 valence electrons. The smallest absolute Gasteiger partial charge is 0.306 e. The summed E-state index contributed by atoms with van der Waals surface area (Å²) >= 11 is 7.67. The molecule has 0 bridgehead atoms. The minimum Gasteiger partial charge on any atom is -0.495 e. The van der Waals surface area contributed by atoms with Crippen LogP contribution in [0.2, 0.25) is 5.02 Å². The summed E-state index contributed by atoms with van der Waals surface area (Å²) in [7, 11) is 4.29. The van der Waals surface area contributed by atoms with Crippen LogP contribution >= 0.6 is 22.9 Å². The molecule has 1 heterocycles. The van der Waals surface area contributed by atoms with E-state index in [0.29, 0.717) is 39.2 Å². The van der Waals surface area contributed by atoms with E-state index in [9.17, 15) is 14.7 Å². The predicted molar refractivity (Wildman–Crippen MR) is 126 cm³/mol. The van der Waals surface area contributed by atoms with Crippen molar-refractivity contribution in [3.63, 3.8) is 0 Å². The van der Waals surface area contributed by atoms with Crippen LogP contribution in [0.15, 0.2) is 23.6 Å². The monoisotopic (exact) mass is 483 g/mol. The van der Waals surface area contributed by atoms with Crippen molar-refractivity contribution in [3.05, 3.63) is 39.0 Å². The Balaban J connectivity index is 2.65. The van der Waals surface area contributed by atoms with Crippen molar-refractivity contribution < 1.29 is 28.9 Å². The van der Waals surface area contributed by atoms with Gasteiger partial charge in [0.2, 0.25) is 5.91 Å². The maximum Gasteiger partial charge on any atom is 0.306 e. The Kier molecular flexibility index (Phi) is 8.95. The number of carbonyl (C=O) groups is 2. The average Bonchev–Trinajstić information content (AvgIpc) is 3.22. The molecule has 1 aromatic heterocycles. The number of esters is 1. The minimum absolute atomic E-state index is 0.0492. The molecule has 1 aromatic carbocycles. The molecule has 1 atom stereocenters. The molecule has 0 saturated heterocycles. The predicted octanol–water partition coefficient (Wildman–Crippen LogP) is 4.83. The minimum atomic E-state index is -1.11. The molecule has 0 radical (unpaired) electrons. The molecule has 1 unspecified atom stereocenters. The molecular weight excluding hydrogens is 454 g/mol. The highest BCUT2D eigenvalue weighted by molar-refractivity contribution is 7.10. The molecular formula is C23H30ClNO6S. The normalized spacial score (nSPS) is 12.2. The zero-order chi connectivity index (χ0) is 24.1. The maximum atomic E-state index is 13.3. The molecule has 0 aliphatic carbocycles. The molecule has 0 aliphatic rings. The van der Waals surface area contributed by atoms with Crippen LogP contribution in [0.3, 0.4) is 0 Å². The number of aliphatic hydroxyl groups is 1. The Morgan fingerprint density at radius 1 is 1.12 bits per heavy atom. The quantitative estimate of drug-likeness (QED) is 0.514. The lowest BCUT2D eigenvalue weighted by atomic mass is 9.94. The Labute approximate surface area is 197 Å². The van der Waals surface area contributed by atoms with Gasteiger partial charge in [-0.1, -0.05) is 32.4 Å². The summed E-state index contributed by atoms with van der Waals surface area (Å²) in [4.78, 5) is 27.1. The van der Waals surface area contributed by atoms with Crippen LogP contribution in [0.1, 0.15) is 50.2 Å². The van der Waals surface area contributed by atoms with Crippen molar-refractivity contribution in [1.29, 1.82) is 0 Å². The van der Waals surface area contributed by atoms with Crippen LogP contribution in [0.4, 0.5) is 5.69 Å². The van der Waals surface area contributed by atoms with E-state index >= 15 is 0 Å². The number of halogens is 1. The van der Waals surface area contributed by atoms with Crippen LogP contribution in [-0.2, 0) is 14.3 Å². The number of methoxy groups -OCH3 is 3. The van der Waals surface area contributed by atoms with Crippen molar-refractivity contribution in [1.82, 2.24) is 0 Å². The molecule has 0 aliphatic heterocycles. The van der Waals surface area contributed by atoms with Gasteiger partial charge in [0.1, 0.15) is 17.6 Å². The van der Waals surface area contributed by atoms with Crippen molar-refractivity contribution in [2.75, 3.05) is 32.8 Å². The number of benzene rings is 1. The second-order valence-electron chi connectivity index (χ2n) is 8.42. The molecule has 0 spiro atoms. The van der Waals surface area contributed by atoms with Gasteiger partial charge in [-0.25, -0.2) is 0 Å². The molecule has 2 aromatic rings. The Morgan fingerprint density at radius 2 is 1.78 bits per heavy atom. The number of rotatable bonds is 9. The van der Waals surface area contributed by atoms with Gasteiger partial charge in [0.05, 0.1) is 38.3 Å². The summed E-state index contributed by atoms with van der Waals surface area (Å²) in [5.74, 6) is 0.114. The zero-order valence-electron chi connectivity index (χ0n) is 19.2. The van der Waals surface area contributed by atoms with Gasteiger partial charge in [-0.2, -0.15) is 0 Å². The van der Waals surface area contributed by atoms with E-state index in [1.165, 1.54) is 32.7 Å². The molecule has 1 N–H and O–H groups in total. The van der Waals surface area contributed by atoms with Gasteiger partial charge in [-0.15, -0.1) is 11.3 Å². The van der Waals surface area contributed by atoms with E-state index < -0.39 is 12.1 Å². The summed E-state index contributed by atoms with van der Waals surface area (Å²) in [5.41, 5.74) is 0.532. The van der Waals surface area contributed by atoms with Gasteiger partial charge < -0.3 is 24.2 Å². The number of hydrogen-bond donors (Lipinski definition) is 1. The standard InChI is InChI=1S/C23H30ClNO6S/c1-23(2,3)13-25(18(26)7-8-19(27)31-6)20-15(11-14(24)12-17(20)30-5)21(28)22-16(29-4)9-10-32-22/h9-12,21,28H,7-8,13H2,1-6H3. The number of hydrogen-bond acceptors (Lipinski definition) is 7. The summed E-state index contributed by atoms with van der Waals surface area (Å²) in [6.07, 6.45) is -1.21. The summed E-state index contributed by atoms with van der Waals surface area (Å²) in [5, 5.41) is 13.5. The van der Waals surface area contributed by atoms with Crippen LogP contribution in [0.5, 0.6) is 11.5 Å². The highest BCUT2D eigenvalue weighted by atomic mass is 35.5. The molecule has 2 rings (SSSR count). The first kappa shape index (κ1) is 26.0. The van der Waals surface area contributed by atoms with E-state index in [2.05, 4.69) is 4.74 Å². The third-order valence-electron chi connectivity index (χ3n) is 4.68. The van der Waals surface area contributed by atoms with Crippen LogP contribution in [0.25, 0.3) is 0 Å². The first-order chi connectivity index (χ1) is 15.0. The van der Waals surface area contributed by atoms with E-state index in [0.717, 1.165) is 0 Å². The van der Waals surface area contributed by atoms with Crippen molar-refractivity contribution in [2.24, 2.45) is 5.41 Å². The van der Waals surface area contributed by atoms with E-state index in [1.54, 1.807) is 23.1 Å². The Bertz CT molecular complexity index is 952. The molecule has 32 heavy (non-hydrogen) atoms. The van der Waals surface area contributed by atoms with Crippen LogP contribution in [-0.4, -0.2) is 44.9 Å². The summed E-state index contributed by atoms with van der Waals surface area (Å²) in [6.45, 7) is 6.31. The van der Waals surface area contributed by atoms with Gasteiger partial charge in [-0.3, -0.25) is 9.59 Å². The highest BCUT2D eigenvalue weighted by Gasteiger charge is 2.31. The van der Waals surface area contributed by atoms with Gasteiger partial charge in [0.25, 0.3) is 0 Å². The zero-order valence-corrected chi connectivity index (χ0v) is 20.8. The molecule has 7 nitrogen and oxygen atoms in total. The molecule has 1 amide bonds. The van der Waals surface area contributed by atoms with E-state index in [-0.39, 0.29) is 24.2 Å². The third kappa shape index (κ3) is 6.37. The second kappa shape index (κ2) is 11.0. The van der Waals surface area contributed by atoms with Gasteiger partial charge >= 0.3 is 5.97 Å². The van der Waals surface area contributed by atoms with Crippen LogP contribution in [0, 0.1) is 5.41 Å². The topological polar surface area (TPSA) is 85.3 Å². The molecule has 9 heteroatoms. The third-order valence-corrected chi connectivity index (χ3v) is 5.85. The number of carbonyl (C=O) groups excluding carboxylic acids is 2. The summed E-state index contributed by atoms with van der Waals surface area (Å²) in [6, 6.07) is 4.98. The number of ether oxygens (including phenoxy) is 3. The highest BCUT2D eigenvalue weighted by Crippen LogP contribution is 2.44. The van der Waals surface area contributed by atoms with Crippen molar-refractivity contribution in [3.8, 4) is 11.5 Å². The number of aliphatic hydroxyl groups excluding tert-OH is 1. The largest absolute Gasteiger partial charge is 0.495 e. The first-order valence-electron chi connectivity index (χ1n) is 10.1. The number of anilines is 1. The fraction of sp³-hybridized carbons (Fsp3) is 0.478. The van der Waals surface area contributed by atoms with Gasteiger partial charge in [-0.05, 0) is 22.9 Å². The fourth-order valence-corrected chi connectivity index (χ4v) is 4.36. The van der Waals surface area contributed by atoms with Crippen molar-refractivity contribution in [2.45, 2.75) is 39.7 Å².